The number of carbonyl (C=O) groups is 1. The van der Waals surface area contributed by atoms with Crippen molar-refractivity contribution in [1.82, 2.24) is 4.90 Å². The van der Waals surface area contributed by atoms with Gasteiger partial charge in [-0.05, 0) is 31.8 Å². The highest BCUT2D eigenvalue weighted by atomic mass is 16.2. The van der Waals surface area contributed by atoms with E-state index in [1.165, 1.54) is 18.9 Å². The number of nitrogens with zero attached hydrogens (tertiary/aromatic N) is 1. The third-order valence-corrected chi connectivity index (χ3v) is 3.14. The highest BCUT2D eigenvalue weighted by molar-refractivity contribution is 5.87. The molecule has 0 aromatic heterocycles. The van der Waals surface area contributed by atoms with Crippen molar-refractivity contribution in [2.45, 2.75) is 58.0 Å². The highest BCUT2D eigenvalue weighted by Crippen LogP contribution is 2.29. The molecule has 1 aliphatic heterocycles. The Balaban J connectivity index is 2.69. The Morgan fingerprint density at radius 3 is 2.57 bits per heavy atom. The summed E-state index contributed by atoms with van der Waals surface area (Å²) in [6.07, 6.45) is 7.15. The predicted octanol–water partition coefficient (Wildman–Crippen LogP) is 2.74. The van der Waals surface area contributed by atoms with Gasteiger partial charge in [-0.2, -0.15) is 0 Å². The molecule has 1 amide bonds. The van der Waals surface area contributed by atoms with Gasteiger partial charge in [0.25, 0.3) is 0 Å². The zero-order valence-electron chi connectivity index (χ0n) is 9.33. The van der Waals surface area contributed by atoms with E-state index in [1.54, 1.807) is 0 Å². The monoisotopic (exact) mass is 195 g/mol. The molecule has 2 atom stereocenters. The first-order valence-electron chi connectivity index (χ1n) is 5.69. The topological polar surface area (TPSA) is 20.3 Å². The van der Waals surface area contributed by atoms with Crippen LogP contribution in [0.5, 0.6) is 0 Å². The third kappa shape index (κ3) is 2.17. The number of rotatable bonds is 4. The van der Waals surface area contributed by atoms with Crippen LogP contribution in [0, 0.1) is 0 Å². The maximum absolute atomic E-state index is 11.7. The molecule has 1 aliphatic rings. The van der Waals surface area contributed by atoms with E-state index in [9.17, 15) is 4.79 Å². The fourth-order valence-corrected chi connectivity index (χ4v) is 2.44. The van der Waals surface area contributed by atoms with Crippen molar-refractivity contribution in [2.24, 2.45) is 0 Å². The molecule has 0 aromatic carbocycles. The van der Waals surface area contributed by atoms with Crippen LogP contribution in [0.4, 0.5) is 0 Å². The molecule has 0 aliphatic carbocycles. The van der Waals surface area contributed by atoms with Crippen LogP contribution in [-0.2, 0) is 4.79 Å². The fourth-order valence-electron chi connectivity index (χ4n) is 2.44. The molecule has 1 heterocycles. The quantitative estimate of drug-likeness (QED) is 0.632. The fraction of sp³-hybridized carbons (Fsp3) is 0.750. The molecule has 0 saturated carbocycles. The first kappa shape index (κ1) is 11.3. The van der Waals surface area contributed by atoms with Gasteiger partial charge in [0.1, 0.15) is 0 Å². The van der Waals surface area contributed by atoms with Gasteiger partial charge in [0.05, 0.1) is 0 Å². The van der Waals surface area contributed by atoms with E-state index in [0.717, 1.165) is 19.3 Å². The van der Waals surface area contributed by atoms with Crippen LogP contribution < -0.4 is 0 Å². The summed E-state index contributed by atoms with van der Waals surface area (Å²) in [7, 11) is 0. The molecular formula is C12H21NO. The predicted molar refractivity (Wildman–Crippen MR) is 59.1 cm³/mol. The molecule has 1 fully saturated rings. The maximum atomic E-state index is 11.7. The van der Waals surface area contributed by atoms with Gasteiger partial charge >= 0.3 is 0 Å². The van der Waals surface area contributed by atoms with Gasteiger partial charge in [-0.25, -0.2) is 0 Å². The summed E-state index contributed by atoms with van der Waals surface area (Å²) in [5.41, 5.74) is 0. The van der Waals surface area contributed by atoms with E-state index in [1.807, 2.05) is 0 Å². The lowest BCUT2D eigenvalue weighted by molar-refractivity contribution is -0.129. The van der Waals surface area contributed by atoms with Crippen molar-refractivity contribution in [1.29, 1.82) is 0 Å². The van der Waals surface area contributed by atoms with Crippen LogP contribution in [0.1, 0.15) is 46.0 Å². The van der Waals surface area contributed by atoms with Crippen LogP contribution in [0.2, 0.25) is 0 Å². The minimum absolute atomic E-state index is 0.118. The molecule has 80 valence electrons. The first-order valence-corrected chi connectivity index (χ1v) is 5.69. The molecular weight excluding hydrogens is 174 g/mol. The van der Waals surface area contributed by atoms with E-state index in [4.69, 9.17) is 0 Å². The molecule has 2 nitrogen and oxygen atoms in total. The average Bonchev–Trinajstić information content (AvgIpc) is 2.60. The molecule has 2 unspecified atom stereocenters. The molecule has 0 aromatic rings. The molecule has 0 spiro atoms. The minimum atomic E-state index is 0.118. The Hall–Kier alpha value is -0.790. The van der Waals surface area contributed by atoms with Crippen LogP contribution in [0.3, 0.4) is 0 Å². The summed E-state index contributed by atoms with van der Waals surface area (Å²) >= 11 is 0. The molecule has 0 bridgehead atoms. The van der Waals surface area contributed by atoms with Gasteiger partial charge in [-0.15, -0.1) is 0 Å². The second kappa shape index (κ2) is 5.18. The second-order valence-electron chi connectivity index (χ2n) is 4.03. The Morgan fingerprint density at radius 1 is 1.43 bits per heavy atom. The van der Waals surface area contributed by atoms with Crippen molar-refractivity contribution >= 4 is 5.91 Å². The van der Waals surface area contributed by atoms with E-state index in [-0.39, 0.29) is 5.91 Å². The molecule has 14 heavy (non-hydrogen) atoms. The molecule has 1 rings (SSSR count). The lowest BCUT2D eigenvalue weighted by Crippen LogP contribution is -2.39. The molecule has 1 saturated heterocycles. The smallest absolute Gasteiger partial charge is 0.246 e. The summed E-state index contributed by atoms with van der Waals surface area (Å²) in [4.78, 5) is 13.7. The molecule has 0 radical (unpaired) electrons. The summed E-state index contributed by atoms with van der Waals surface area (Å²) in [5, 5.41) is 0. The van der Waals surface area contributed by atoms with Gasteiger partial charge < -0.3 is 4.90 Å². The van der Waals surface area contributed by atoms with Crippen molar-refractivity contribution in [3.8, 4) is 0 Å². The zero-order chi connectivity index (χ0) is 10.6. The largest absolute Gasteiger partial charge is 0.333 e. The van der Waals surface area contributed by atoms with Crippen molar-refractivity contribution < 1.29 is 4.79 Å². The van der Waals surface area contributed by atoms with E-state index >= 15 is 0 Å². The van der Waals surface area contributed by atoms with Gasteiger partial charge in [-0.3, -0.25) is 4.79 Å². The number of hydrogen-bond acceptors (Lipinski definition) is 1. The van der Waals surface area contributed by atoms with Gasteiger partial charge in [0, 0.05) is 12.1 Å². The summed E-state index contributed by atoms with van der Waals surface area (Å²) in [6, 6.07) is 0.924. The van der Waals surface area contributed by atoms with Gasteiger partial charge in [0.2, 0.25) is 5.91 Å². The van der Waals surface area contributed by atoms with Crippen molar-refractivity contribution in [3.05, 3.63) is 12.7 Å². The summed E-state index contributed by atoms with van der Waals surface area (Å²) < 4.78 is 0. The highest BCUT2D eigenvalue weighted by Gasteiger charge is 2.33. The van der Waals surface area contributed by atoms with Crippen molar-refractivity contribution in [2.75, 3.05) is 0 Å². The van der Waals surface area contributed by atoms with E-state index in [2.05, 4.69) is 25.3 Å². The lowest BCUT2D eigenvalue weighted by Gasteiger charge is -2.28. The van der Waals surface area contributed by atoms with E-state index in [0.29, 0.717) is 12.1 Å². The van der Waals surface area contributed by atoms with Crippen LogP contribution in [0.15, 0.2) is 12.7 Å². The van der Waals surface area contributed by atoms with Crippen molar-refractivity contribution in [3.63, 3.8) is 0 Å². The number of hydrogen-bond donors (Lipinski definition) is 0. The Bertz CT molecular complexity index is 212. The Kier molecular flexibility index (Phi) is 4.18. The van der Waals surface area contributed by atoms with Crippen LogP contribution >= 0.6 is 0 Å². The summed E-state index contributed by atoms with van der Waals surface area (Å²) in [6.45, 7) is 7.91. The Morgan fingerprint density at radius 2 is 2.07 bits per heavy atom. The van der Waals surface area contributed by atoms with Gasteiger partial charge in [-0.1, -0.05) is 26.8 Å². The second-order valence-corrected chi connectivity index (χ2v) is 4.03. The number of likely N-dealkylation sites (tertiary alicyclic amines) is 1. The third-order valence-electron chi connectivity index (χ3n) is 3.14. The SMILES string of the molecule is C=CC(=O)N1C(CC)CCC1CCC. The van der Waals surface area contributed by atoms with Crippen LogP contribution in [-0.4, -0.2) is 22.9 Å². The minimum Gasteiger partial charge on any atom is -0.333 e. The first-order chi connectivity index (χ1) is 6.74. The number of amides is 1. The Labute approximate surface area is 87.0 Å². The van der Waals surface area contributed by atoms with E-state index < -0.39 is 0 Å². The van der Waals surface area contributed by atoms with Gasteiger partial charge in [0.15, 0.2) is 0 Å². The molecule has 0 N–H and O–H groups in total. The summed E-state index contributed by atoms with van der Waals surface area (Å²) in [5.74, 6) is 0.118. The standard InChI is InChI=1S/C12H21NO/c1-4-7-11-9-8-10(5-2)13(11)12(14)6-3/h6,10-11H,3-5,7-9H2,1-2H3. The maximum Gasteiger partial charge on any atom is 0.246 e. The molecule has 2 heteroatoms. The lowest BCUT2D eigenvalue weighted by atomic mass is 10.1. The normalized spacial score (nSPS) is 26.6. The average molecular weight is 195 g/mol. The van der Waals surface area contributed by atoms with Crippen LogP contribution in [0.25, 0.3) is 0 Å². The zero-order valence-corrected chi connectivity index (χ0v) is 9.33. The number of carbonyl (C=O) groups excluding carboxylic acids is 1.